The van der Waals surface area contributed by atoms with Gasteiger partial charge in [0.1, 0.15) is 0 Å². The van der Waals surface area contributed by atoms with E-state index in [4.69, 9.17) is 0 Å². The summed E-state index contributed by atoms with van der Waals surface area (Å²) in [6.45, 7) is 0. The molecule has 0 unspecified atom stereocenters. The molecular formula is C18H11F3OSe. The van der Waals surface area contributed by atoms with Gasteiger partial charge in [0, 0.05) is 0 Å². The SMILES string of the molecule is O=C(/C(=C\C#Cc1ccccc1)[Se]c1ccccc1)C(F)(F)F. The third-order valence-electron chi connectivity index (χ3n) is 2.65. The number of allylic oxidation sites excluding steroid dienone is 2. The first-order valence-corrected chi connectivity index (χ1v) is 8.29. The standard InChI is InChI=1S/C18H11F3OSe/c19-18(20,21)17(22)16(23-15-11-5-2-6-12-15)13-7-10-14-8-3-1-4-9-14/h1-6,8-9,11-13H/b16-13+. The first-order valence-electron chi connectivity index (χ1n) is 6.58. The molecule has 0 aliphatic rings. The van der Waals surface area contributed by atoms with Gasteiger partial charge in [-0.15, -0.1) is 0 Å². The first kappa shape index (κ1) is 17.1. The Morgan fingerprint density at radius 2 is 1.52 bits per heavy atom. The van der Waals surface area contributed by atoms with E-state index in [1.165, 1.54) is 0 Å². The molecule has 0 saturated heterocycles. The van der Waals surface area contributed by atoms with E-state index in [0.717, 1.165) is 6.08 Å². The van der Waals surface area contributed by atoms with Crippen LogP contribution < -0.4 is 4.46 Å². The van der Waals surface area contributed by atoms with E-state index in [-0.39, 0.29) is 4.47 Å². The van der Waals surface area contributed by atoms with E-state index in [1.54, 1.807) is 54.6 Å². The molecule has 2 aromatic rings. The summed E-state index contributed by atoms with van der Waals surface area (Å²) in [5, 5.41) is 0. The zero-order chi connectivity index (χ0) is 16.7. The van der Waals surface area contributed by atoms with Crippen molar-refractivity contribution in [1.29, 1.82) is 0 Å². The Kier molecular flexibility index (Phi) is 5.81. The number of ketones is 1. The van der Waals surface area contributed by atoms with Crippen molar-refractivity contribution in [3.05, 3.63) is 76.8 Å². The van der Waals surface area contributed by atoms with Crippen LogP contribution in [0.4, 0.5) is 13.2 Å². The van der Waals surface area contributed by atoms with Gasteiger partial charge in [-0.05, 0) is 0 Å². The van der Waals surface area contributed by atoms with Crippen LogP contribution in [-0.2, 0) is 4.79 Å². The van der Waals surface area contributed by atoms with Crippen LogP contribution in [0.2, 0.25) is 0 Å². The predicted octanol–water partition coefficient (Wildman–Crippen LogP) is 3.08. The van der Waals surface area contributed by atoms with Crippen molar-refractivity contribution >= 4 is 25.2 Å². The Hall–Kier alpha value is -2.28. The zero-order valence-electron chi connectivity index (χ0n) is 11.8. The second-order valence-corrected chi connectivity index (χ2v) is 6.73. The third-order valence-corrected chi connectivity index (χ3v) is 4.81. The van der Waals surface area contributed by atoms with E-state index in [1.807, 2.05) is 6.07 Å². The minimum atomic E-state index is -4.89. The van der Waals surface area contributed by atoms with Crippen molar-refractivity contribution in [1.82, 2.24) is 0 Å². The summed E-state index contributed by atoms with van der Waals surface area (Å²) >= 11 is -0.751. The van der Waals surface area contributed by atoms with Crippen LogP contribution in [-0.4, -0.2) is 26.9 Å². The molecule has 2 rings (SSSR count). The normalized spacial score (nSPS) is 11.5. The number of benzene rings is 2. The van der Waals surface area contributed by atoms with Gasteiger partial charge < -0.3 is 0 Å². The first-order chi connectivity index (χ1) is 11.0. The summed E-state index contributed by atoms with van der Waals surface area (Å²) < 4.78 is 38.6. The van der Waals surface area contributed by atoms with E-state index in [0.29, 0.717) is 10.0 Å². The summed E-state index contributed by atoms with van der Waals surface area (Å²) in [5.41, 5.74) is 0.676. The van der Waals surface area contributed by atoms with Gasteiger partial charge in [0.05, 0.1) is 0 Å². The molecule has 0 amide bonds. The van der Waals surface area contributed by atoms with Gasteiger partial charge in [0.15, 0.2) is 0 Å². The zero-order valence-corrected chi connectivity index (χ0v) is 13.5. The average Bonchev–Trinajstić information content (AvgIpc) is 2.54. The molecule has 0 saturated carbocycles. The number of carbonyl (C=O) groups excluding carboxylic acids is 1. The van der Waals surface area contributed by atoms with Crippen molar-refractivity contribution in [2.75, 3.05) is 0 Å². The fourth-order valence-electron chi connectivity index (χ4n) is 1.60. The van der Waals surface area contributed by atoms with Crippen LogP contribution in [0.15, 0.2) is 71.2 Å². The fraction of sp³-hybridized carbons (Fsp3) is 0.0556. The molecule has 0 aliphatic carbocycles. The van der Waals surface area contributed by atoms with Gasteiger partial charge in [0.2, 0.25) is 0 Å². The molecule has 0 aliphatic heterocycles. The van der Waals surface area contributed by atoms with E-state index >= 15 is 0 Å². The summed E-state index contributed by atoms with van der Waals surface area (Å²) in [6, 6.07) is 17.5. The van der Waals surface area contributed by atoms with Crippen LogP contribution in [0.3, 0.4) is 0 Å². The number of alkyl halides is 3. The van der Waals surface area contributed by atoms with E-state index in [2.05, 4.69) is 11.8 Å². The summed E-state index contributed by atoms with van der Waals surface area (Å²) in [4.78, 5) is 11.6. The predicted molar refractivity (Wildman–Crippen MR) is 84.3 cm³/mol. The van der Waals surface area contributed by atoms with Crippen LogP contribution >= 0.6 is 0 Å². The Labute approximate surface area is 138 Å². The Morgan fingerprint density at radius 3 is 2.09 bits per heavy atom. The van der Waals surface area contributed by atoms with Crippen molar-refractivity contribution in [2.24, 2.45) is 0 Å². The molecule has 0 N–H and O–H groups in total. The molecule has 0 aromatic heterocycles. The van der Waals surface area contributed by atoms with Crippen molar-refractivity contribution < 1.29 is 18.0 Å². The van der Waals surface area contributed by atoms with Crippen molar-refractivity contribution in [2.45, 2.75) is 6.18 Å². The molecule has 0 heterocycles. The third kappa shape index (κ3) is 5.45. The molecule has 5 heteroatoms. The van der Waals surface area contributed by atoms with Gasteiger partial charge in [-0.25, -0.2) is 0 Å². The summed E-state index contributed by atoms with van der Waals surface area (Å²) in [7, 11) is 0. The van der Waals surface area contributed by atoms with Crippen LogP contribution in [0, 0.1) is 11.8 Å². The number of Topliss-reactive ketones (excluding diaryl/α,β-unsaturated/α-hetero) is 1. The average molecular weight is 379 g/mol. The van der Waals surface area contributed by atoms with Gasteiger partial charge >= 0.3 is 138 Å². The fourth-order valence-corrected chi connectivity index (χ4v) is 3.44. The molecule has 116 valence electrons. The van der Waals surface area contributed by atoms with Gasteiger partial charge in [-0.3, -0.25) is 0 Å². The Balaban J connectivity index is 2.28. The number of hydrogen-bond acceptors (Lipinski definition) is 1. The second kappa shape index (κ2) is 7.82. The van der Waals surface area contributed by atoms with Gasteiger partial charge in [-0.2, -0.15) is 0 Å². The molecule has 2 aromatic carbocycles. The quantitative estimate of drug-likeness (QED) is 0.455. The molecule has 0 bridgehead atoms. The summed E-state index contributed by atoms with van der Waals surface area (Å²) in [5.74, 6) is 3.46. The monoisotopic (exact) mass is 380 g/mol. The molecule has 1 nitrogen and oxygen atoms in total. The van der Waals surface area contributed by atoms with Gasteiger partial charge in [-0.1, -0.05) is 0 Å². The molecule has 23 heavy (non-hydrogen) atoms. The summed E-state index contributed by atoms with van der Waals surface area (Å²) in [6.07, 6.45) is -3.81. The molecular weight excluding hydrogens is 368 g/mol. The van der Waals surface area contributed by atoms with Gasteiger partial charge in [0.25, 0.3) is 0 Å². The molecule has 0 radical (unpaired) electrons. The van der Waals surface area contributed by atoms with Crippen LogP contribution in [0.1, 0.15) is 5.56 Å². The minimum absolute atomic E-state index is 0.306. The van der Waals surface area contributed by atoms with Crippen molar-refractivity contribution in [3.8, 4) is 11.8 Å². The van der Waals surface area contributed by atoms with Crippen molar-refractivity contribution in [3.63, 3.8) is 0 Å². The number of carbonyl (C=O) groups is 1. The number of hydrogen-bond donors (Lipinski definition) is 0. The maximum absolute atomic E-state index is 12.7. The van der Waals surface area contributed by atoms with Crippen LogP contribution in [0.25, 0.3) is 0 Å². The molecule has 0 spiro atoms. The second-order valence-electron chi connectivity index (χ2n) is 4.39. The van der Waals surface area contributed by atoms with Crippen LogP contribution in [0.5, 0.6) is 0 Å². The maximum atomic E-state index is 12.7. The Bertz CT molecular complexity index is 754. The topological polar surface area (TPSA) is 17.1 Å². The van der Waals surface area contributed by atoms with E-state index in [9.17, 15) is 18.0 Å². The van der Waals surface area contributed by atoms with E-state index < -0.39 is 26.9 Å². The molecule has 0 fully saturated rings. The number of halogens is 3. The number of rotatable bonds is 3. The molecule has 0 atom stereocenters. The Morgan fingerprint density at radius 1 is 0.957 bits per heavy atom.